The molecule has 1 saturated heterocycles. The fraction of sp³-hybridized carbons (Fsp3) is 0.368. The number of rotatable bonds is 4. The van der Waals surface area contributed by atoms with Gasteiger partial charge >= 0.3 is 0 Å². The first-order valence-electron chi connectivity index (χ1n) is 8.67. The Morgan fingerprint density at radius 1 is 1.12 bits per heavy atom. The minimum Gasteiger partial charge on any atom is -0.342 e. The first-order valence-corrected chi connectivity index (χ1v) is 9.49. The van der Waals surface area contributed by atoms with E-state index in [4.69, 9.17) is 4.98 Å². The smallest absolute Gasteiger partial charge is 0.211 e. The van der Waals surface area contributed by atoms with E-state index in [-0.39, 0.29) is 5.54 Å². The Morgan fingerprint density at radius 2 is 1.88 bits per heavy atom. The van der Waals surface area contributed by atoms with Crippen molar-refractivity contribution in [1.82, 2.24) is 19.7 Å². The van der Waals surface area contributed by atoms with Crippen molar-refractivity contribution in [3.63, 3.8) is 0 Å². The Morgan fingerprint density at radius 3 is 2.60 bits per heavy atom. The number of aromatic nitrogens is 3. The molecule has 1 aliphatic rings. The van der Waals surface area contributed by atoms with Gasteiger partial charge in [-0.25, -0.2) is 9.97 Å². The molecule has 3 aromatic rings. The van der Waals surface area contributed by atoms with E-state index in [1.165, 1.54) is 4.90 Å². The van der Waals surface area contributed by atoms with Gasteiger partial charge in [0.2, 0.25) is 5.95 Å². The van der Waals surface area contributed by atoms with Crippen LogP contribution in [0.15, 0.2) is 58.7 Å². The maximum absolute atomic E-state index is 4.78. The number of hydrogen-bond acceptors (Lipinski definition) is 5. The Kier molecular flexibility index (Phi) is 4.39. The molecule has 0 aliphatic carbocycles. The molecule has 1 fully saturated rings. The second kappa shape index (κ2) is 6.69. The van der Waals surface area contributed by atoms with Gasteiger partial charge in [-0.15, -0.1) is 0 Å². The van der Waals surface area contributed by atoms with Gasteiger partial charge in [0, 0.05) is 42.1 Å². The summed E-state index contributed by atoms with van der Waals surface area (Å²) in [5, 5.41) is 3.45. The minimum atomic E-state index is 0.230. The first-order chi connectivity index (χ1) is 12.2. The molecule has 0 amide bonds. The van der Waals surface area contributed by atoms with Crippen LogP contribution in [0, 0.1) is 0 Å². The molecule has 0 radical (unpaired) electrons. The molecule has 0 bridgehead atoms. The Labute approximate surface area is 152 Å². The van der Waals surface area contributed by atoms with Crippen LogP contribution < -0.4 is 10.2 Å². The van der Waals surface area contributed by atoms with Crippen LogP contribution in [0.2, 0.25) is 0 Å². The first kappa shape index (κ1) is 16.4. The van der Waals surface area contributed by atoms with Crippen molar-refractivity contribution in [2.24, 2.45) is 0 Å². The molecule has 1 N–H and O–H groups in total. The van der Waals surface area contributed by atoms with Crippen LogP contribution in [0.3, 0.4) is 0 Å². The van der Waals surface area contributed by atoms with Gasteiger partial charge < -0.3 is 10.2 Å². The highest BCUT2D eigenvalue weighted by molar-refractivity contribution is 7.99. The highest BCUT2D eigenvalue weighted by Gasteiger charge is 2.29. The largest absolute Gasteiger partial charge is 0.342 e. The zero-order valence-corrected chi connectivity index (χ0v) is 15.5. The van der Waals surface area contributed by atoms with Crippen LogP contribution in [0.25, 0.3) is 5.65 Å². The Bertz CT molecular complexity index is 853. The Hall–Kier alpha value is -2.05. The quantitative estimate of drug-likeness (QED) is 0.778. The standard InChI is InChI=1S/C19H23N5S/c1-19(20-2)8-11-23(12-9-19)18-22-14-16(17-21-10-13-24(17)18)25-15-6-4-3-5-7-15/h3-7,10,13-14,20H,8-9,11-12H2,1-2H3. The third kappa shape index (κ3) is 3.24. The molecule has 2 aromatic heterocycles. The summed E-state index contributed by atoms with van der Waals surface area (Å²) in [7, 11) is 2.05. The summed E-state index contributed by atoms with van der Waals surface area (Å²) in [5.74, 6) is 0.989. The monoisotopic (exact) mass is 353 g/mol. The lowest BCUT2D eigenvalue weighted by molar-refractivity contribution is 0.303. The number of hydrogen-bond donors (Lipinski definition) is 1. The van der Waals surface area contributed by atoms with Crippen LogP contribution in [0.1, 0.15) is 19.8 Å². The fourth-order valence-corrected chi connectivity index (χ4v) is 4.15. The highest BCUT2D eigenvalue weighted by atomic mass is 32.2. The van der Waals surface area contributed by atoms with Crippen LogP contribution in [-0.2, 0) is 0 Å². The number of nitrogens with zero attached hydrogens (tertiary/aromatic N) is 4. The van der Waals surface area contributed by atoms with E-state index in [0.29, 0.717) is 0 Å². The molecular weight excluding hydrogens is 330 g/mol. The van der Waals surface area contributed by atoms with Crippen molar-refractivity contribution in [2.75, 3.05) is 25.0 Å². The predicted molar refractivity (Wildman–Crippen MR) is 102 cm³/mol. The van der Waals surface area contributed by atoms with Gasteiger partial charge in [-0.05, 0) is 38.9 Å². The molecular formula is C19H23N5S. The lowest BCUT2D eigenvalue weighted by atomic mass is 9.90. The van der Waals surface area contributed by atoms with Crippen LogP contribution >= 0.6 is 11.8 Å². The summed E-state index contributed by atoms with van der Waals surface area (Å²) in [5.41, 5.74) is 1.20. The van der Waals surface area contributed by atoms with E-state index < -0.39 is 0 Å². The van der Waals surface area contributed by atoms with Gasteiger partial charge in [0.05, 0.1) is 4.90 Å². The van der Waals surface area contributed by atoms with E-state index in [1.54, 1.807) is 11.8 Å². The van der Waals surface area contributed by atoms with Gasteiger partial charge in [-0.2, -0.15) is 0 Å². The number of imidazole rings is 1. The van der Waals surface area contributed by atoms with Crippen LogP contribution in [0.4, 0.5) is 5.95 Å². The molecule has 3 heterocycles. The summed E-state index contributed by atoms with van der Waals surface area (Å²) in [4.78, 5) is 14.0. The number of anilines is 1. The average Bonchev–Trinajstić information content (AvgIpc) is 3.14. The molecule has 1 aliphatic heterocycles. The molecule has 0 spiro atoms. The molecule has 1 aromatic carbocycles. The summed E-state index contributed by atoms with van der Waals surface area (Å²) in [6, 6.07) is 10.4. The van der Waals surface area contributed by atoms with Gasteiger partial charge in [-0.1, -0.05) is 30.0 Å². The fourth-order valence-electron chi connectivity index (χ4n) is 3.26. The molecule has 25 heavy (non-hydrogen) atoms. The lowest BCUT2D eigenvalue weighted by Gasteiger charge is -2.39. The molecule has 5 nitrogen and oxygen atoms in total. The van der Waals surface area contributed by atoms with Crippen LogP contribution in [0.5, 0.6) is 0 Å². The summed E-state index contributed by atoms with van der Waals surface area (Å²) in [6.45, 7) is 4.30. The summed E-state index contributed by atoms with van der Waals surface area (Å²) in [6.07, 6.45) is 8.06. The topological polar surface area (TPSA) is 45.5 Å². The van der Waals surface area contributed by atoms with E-state index in [0.717, 1.165) is 42.4 Å². The van der Waals surface area contributed by atoms with E-state index in [1.807, 2.05) is 24.7 Å². The van der Waals surface area contributed by atoms with E-state index in [9.17, 15) is 0 Å². The summed E-state index contributed by atoms with van der Waals surface area (Å²) >= 11 is 1.71. The summed E-state index contributed by atoms with van der Waals surface area (Å²) < 4.78 is 2.12. The number of benzene rings is 1. The van der Waals surface area contributed by atoms with Gasteiger partial charge in [0.25, 0.3) is 0 Å². The van der Waals surface area contributed by atoms with Crippen LogP contribution in [-0.4, -0.2) is 40.0 Å². The molecule has 4 rings (SSSR count). The zero-order chi connectivity index (χ0) is 17.3. The lowest BCUT2D eigenvalue weighted by Crippen LogP contribution is -2.50. The molecule has 130 valence electrons. The second-order valence-electron chi connectivity index (χ2n) is 6.76. The van der Waals surface area contributed by atoms with Crippen molar-refractivity contribution in [3.8, 4) is 0 Å². The second-order valence-corrected chi connectivity index (χ2v) is 7.87. The van der Waals surface area contributed by atoms with Gasteiger partial charge in [0.1, 0.15) is 0 Å². The van der Waals surface area contributed by atoms with Gasteiger partial charge in [0.15, 0.2) is 5.65 Å². The molecule has 6 heteroatoms. The van der Waals surface area contributed by atoms with Crippen molar-refractivity contribution >= 4 is 23.4 Å². The third-order valence-corrected chi connectivity index (χ3v) is 6.11. The van der Waals surface area contributed by atoms with Crippen molar-refractivity contribution in [3.05, 3.63) is 48.9 Å². The Balaban J connectivity index is 1.62. The number of nitrogens with one attached hydrogen (secondary N) is 1. The SMILES string of the molecule is CNC1(C)CCN(c2ncc(Sc3ccccc3)c3nccn23)CC1. The number of piperidine rings is 1. The maximum Gasteiger partial charge on any atom is 0.211 e. The molecule has 0 unspecified atom stereocenters. The van der Waals surface area contributed by atoms with E-state index >= 15 is 0 Å². The predicted octanol–water partition coefficient (Wildman–Crippen LogP) is 3.46. The zero-order valence-electron chi connectivity index (χ0n) is 14.6. The van der Waals surface area contributed by atoms with Crippen molar-refractivity contribution < 1.29 is 0 Å². The maximum atomic E-state index is 4.78. The van der Waals surface area contributed by atoms with Gasteiger partial charge in [-0.3, -0.25) is 4.40 Å². The average molecular weight is 353 g/mol. The minimum absolute atomic E-state index is 0.230. The van der Waals surface area contributed by atoms with Crippen molar-refractivity contribution in [1.29, 1.82) is 0 Å². The molecule has 0 saturated carbocycles. The normalized spacial score (nSPS) is 17.1. The van der Waals surface area contributed by atoms with E-state index in [2.05, 4.69) is 57.8 Å². The third-order valence-electron chi connectivity index (χ3n) is 5.10. The number of fused-ring (bicyclic) bond motifs is 1. The highest BCUT2D eigenvalue weighted by Crippen LogP contribution is 2.32. The van der Waals surface area contributed by atoms with Crippen molar-refractivity contribution in [2.45, 2.75) is 35.1 Å². The molecule has 0 atom stereocenters.